The Morgan fingerprint density at radius 3 is 2.46 bits per heavy atom. The summed E-state index contributed by atoms with van der Waals surface area (Å²) < 4.78 is 33.5. The van der Waals surface area contributed by atoms with Crippen molar-refractivity contribution in [3.05, 3.63) is 0 Å². The van der Waals surface area contributed by atoms with Gasteiger partial charge in [0.05, 0.1) is 25.4 Å². The molecule has 28 heavy (non-hydrogen) atoms. The molecule has 160 valence electrons. The Morgan fingerprint density at radius 1 is 1.07 bits per heavy atom. The molecular weight excluding hydrogens is 376 g/mol. The monoisotopic (exact) mass is 412 g/mol. The van der Waals surface area contributed by atoms with Gasteiger partial charge in [0.2, 0.25) is 0 Å². The third kappa shape index (κ3) is 3.05. The van der Waals surface area contributed by atoms with Gasteiger partial charge in [0, 0.05) is 0 Å². The lowest BCUT2D eigenvalue weighted by Gasteiger charge is -2.68. The zero-order valence-electron chi connectivity index (χ0n) is 17.8. The van der Waals surface area contributed by atoms with Gasteiger partial charge in [0.25, 0.3) is 10.1 Å². The number of hydrogen-bond acceptors (Lipinski definition) is 5. The summed E-state index contributed by atoms with van der Waals surface area (Å²) in [5.74, 6) is 1.91. The van der Waals surface area contributed by atoms with E-state index in [9.17, 15) is 13.2 Å². The van der Waals surface area contributed by atoms with Gasteiger partial charge in [-0.05, 0) is 92.8 Å². The van der Waals surface area contributed by atoms with Crippen molar-refractivity contribution in [2.75, 3.05) is 20.0 Å². The summed E-state index contributed by atoms with van der Waals surface area (Å²) in [5, 5.41) is 0. The minimum atomic E-state index is -3.38. The fourth-order valence-electron chi connectivity index (χ4n) is 8.34. The average molecular weight is 413 g/mol. The summed E-state index contributed by atoms with van der Waals surface area (Å²) in [6.07, 6.45) is 11.3. The van der Waals surface area contributed by atoms with E-state index in [1.54, 1.807) is 0 Å². The predicted octanol–water partition coefficient (Wildman–Crippen LogP) is 4.16. The molecule has 5 fully saturated rings. The van der Waals surface area contributed by atoms with E-state index in [1.165, 1.54) is 32.8 Å². The zero-order chi connectivity index (χ0) is 20.4. The van der Waals surface area contributed by atoms with Crippen molar-refractivity contribution in [2.45, 2.75) is 71.6 Å². The minimum absolute atomic E-state index is 0.0280. The van der Waals surface area contributed by atoms with Gasteiger partial charge in [-0.2, -0.15) is 8.42 Å². The van der Waals surface area contributed by atoms with Crippen LogP contribution in [0.25, 0.3) is 0 Å². The highest BCUT2D eigenvalue weighted by Crippen LogP contribution is 2.72. The first kappa shape index (κ1) is 20.6. The van der Waals surface area contributed by atoms with Gasteiger partial charge in [-0.15, -0.1) is 0 Å². The van der Waals surface area contributed by atoms with Crippen molar-refractivity contribution < 1.29 is 22.1 Å². The molecule has 5 saturated carbocycles. The maximum atomic E-state index is 12.7. The number of rotatable bonds is 4. The van der Waals surface area contributed by atoms with Gasteiger partial charge < -0.3 is 4.74 Å². The van der Waals surface area contributed by atoms with Gasteiger partial charge in [0.1, 0.15) is 0 Å². The summed E-state index contributed by atoms with van der Waals surface area (Å²) in [5.41, 5.74) is 0.125. The van der Waals surface area contributed by atoms with Crippen molar-refractivity contribution in [1.29, 1.82) is 0 Å². The molecule has 0 aromatic rings. The lowest BCUT2D eigenvalue weighted by molar-refractivity contribution is -0.207. The van der Waals surface area contributed by atoms with Gasteiger partial charge in [-0.3, -0.25) is 8.98 Å². The van der Waals surface area contributed by atoms with Crippen LogP contribution in [0.2, 0.25) is 0 Å². The number of carbonyl (C=O) groups is 1. The van der Waals surface area contributed by atoms with E-state index in [1.807, 2.05) is 0 Å². The maximum absolute atomic E-state index is 12.7. The van der Waals surface area contributed by atoms with Crippen LogP contribution in [0.1, 0.15) is 71.6 Å². The number of fused-ring (bicyclic) bond motifs is 3. The van der Waals surface area contributed by atoms with E-state index >= 15 is 0 Å². The van der Waals surface area contributed by atoms with E-state index in [0.29, 0.717) is 35.7 Å². The number of carbonyl (C=O) groups excluding carboxylic acids is 1. The van der Waals surface area contributed by atoms with Crippen LogP contribution in [0.4, 0.5) is 0 Å². The van der Waals surface area contributed by atoms with Crippen molar-refractivity contribution in [3.8, 4) is 0 Å². The second-order valence-electron chi connectivity index (χ2n) is 10.8. The van der Waals surface area contributed by atoms with Gasteiger partial charge in [-0.25, -0.2) is 0 Å². The summed E-state index contributed by atoms with van der Waals surface area (Å²) in [7, 11) is -1.86. The van der Waals surface area contributed by atoms with Gasteiger partial charge in [-0.1, -0.05) is 13.3 Å². The highest BCUT2D eigenvalue weighted by atomic mass is 32.2. The Balaban J connectivity index is 1.60. The number of hydrogen-bond donors (Lipinski definition) is 0. The second-order valence-corrected chi connectivity index (χ2v) is 12.4. The van der Waals surface area contributed by atoms with E-state index in [4.69, 9.17) is 8.92 Å². The summed E-state index contributed by atoms with van der Waals surface area (Å²) in [6.45, 7) is 4.94. The first-order chi connectivity index (χ1) is 13.0. The smallest absolute Gasteiger partial charge is 0.311 e. The third-order valence-electron chi connectivity index (χ3n) is 9.48. The predicted molar refractivity (Wildman–Crippen MR) is 107 cm³/mol. The molecule has 0 heterocycles. The van der Waals surface area contributed by atoms with E-state index in [2.05, 4.69) is 13.8 Å². The standard InChI is InChI=1S/C22H36O5S/c1-20-8-5-9-21(2,19(23)26-3)17(20)7-11-22-10-6-15(12-18(20)22)16(13-22)14-27-28(4,24)25/h15-18H,5-14H2,1-4H3/t15-,16?,17-,18-,20+,21+,22+/m0/s1. The summed E-state index contributed by atoms with van der Waals surface area (Å²) >= 11 is 0. The molecule has 0 N–H and O–H groups in total. The molecule has 0 amide bonds. The summed E-state index contributed by atoms with van der Waals surface area (Å²) in [4.78, 5) is 12.7. The Kier molecular flexibility index (Phi) is 4.94. The molecule has 5 nitrogen and oxygen atoms in total. The molecule has 5 rings (SSSR count). The molecule has 0 aromatic carbocycles. The highest BCUT2D eigenvalue weighted by Gasteiger charge is 2.65. The molecular formula is C22H36O5S. The third-order valence-corrected chi connectivity index (χ3v) is 10.0. The van der Waals surface area contributed by atoms with E-state index < -0.39 is 10.1 Å². The van der Waals surface area contributed by atoms with Crippen LogP contribution in [-0.2, 0) is 23.8 Å². The molecule has 0 saturated heterocycles. The summed E-state index contributed by atoms with van der Waals surface area (Å²) in [6, 6.07) is 0. The van der Waals surface area contributed by atoms with Crippen LogP contribution in [0.3, 0.4) is 0 Å². The van der Waals surface area contributed by atoms with Crippen molar-refractivity contribution in [2.24, 2.45) is 39.9 Å². The van der Waals surface area contributed by atoms with Crippen LogP contribution < -0.4 is 0 Å². The zero-order valence-corrected chi connectivity index (χ0v) is 18.6. The number of methoxy groups -OCH3 is 1. The molecule has 0 radical (unpaired) electrons. The van der Waals surface area contributed by atoms with Gasteiger partial charge >= 0.3 is 5.97 Å². The van der Waals surface area contributed by atoms with Crippen LogP contribution >= 0.6 is 0 Å². The minimum Gasteiger partial charge on any atom is -0.469 e. The van der Waals surface area contributed by atoms with Crippen molar-refractivity contribution >= 4 is 16.1 Å². The first-order valence-electron chi connectivity index (χ1n) is 11.0. The van der Waals surface area contributed by atoms with Crippen molar-refractivity contribution in [3.63, 3.8) is 0 Å². The molecule has 6 heteroatoms. The Hall–Kier alpha value is -0.620. The van der Waals surface area contributed by atoms with Crippen LogP contribution in [0, 0.1) is 39.9 Å². The average Bonchev–Trinajstić information content (AvgIpc) is 2.64. The molecule has 5 aliphatic rings. The normalized spacial score (nSPS) is 47.9. The molecule has 0 aromatic heterocycles. The molecule has 1 unspecified atom stereocenters. The van der Waals surface area contributed by atoms with Crippen LogP contribution in [0.15, 0.2) is 0 Å². The van der Waals surface area contributed by atoms with E-state index in [-0.39, 0.29) is 16.8 Å². The lowest BCUT2D eigenvalue weighted by Crippen LogP contribution is -2.62. The molecule has 5 aliphatic carbocycles. The molecule has 1 spiro atoms. The first-order valence-corrected chi connectivity index (χ1v) is 12.8. The maximum Gasteiger partial charge on any atom is 0.311 e. The van der Waals surface area contributed by atoms with Crippen LogP contribution in [-0.4, -0.2) is 34.4 Å². The van der Waals surface area contributed by atoms with Crippen LogP contribution in [0.5, 0.6) is 0 Å². The van der Waals surface area contributed by atoms with Gasteiger partial charge in [0.15, 0.2) is 0 Å². The Labute approximate surface area is 170 Å². The fraction of sp³-hybridized carbons (Fsp3) is 0.955. The van der Waals surface area contributed by atoms with Crippen molar-refractivity contribution in [1.82, 2.24) is 0 Å². The molecule has 0 aliphatic heterocycles. The largest absolute Gasteiger partial charge is 0.469 e. The molecule has 7 atom stereocenters. The Morgan fingerprint density at radius 2 is 1.79 bits per heavy atom. The van der Waals surface area contributed by atoms with E-state index in [0.717, 1.165) is 38.4 Å². The highest BCUT2D eigenvalue weighted by molar-refractivity contribution is 7.85. The Bertz CT molecular complexity index is 748. The fourth-order valence-corrected chi connectivity index (χ4v) is 8.76. The second kappa shape index (κ2) is 6.69. The quantitative estimate of drug-likeness (QED) is 0.512. The molecule has 2 bridgehead atoms. The lowest BCUT2D eigenvalue weighted by atomic mass is 9.36. The topological polar surface area (TPSA) is 69.7 Å². The SMILES string of the molecule is COC(=O)[C@]1(C)CCC[C@@]2(C)[C@@H]3C[C@@H]4CC[C@@]3(CC[C@@H]21)CC4COS(C)(=O)=O. The number of esters is 1. The number of ether oxygens (including phenoxy) is 1.